The summed E-state index contributed by atoms with van der Waals surface area (Å²) in [5.41, 5.74) is -2.23. The van der Waals surface area contributed by atoms with E-state index in [1.54, 1.807) is 0 Å². The highest BCUT2D eigenvalue weighted by Gasteiger charge is 2.86. The molecule has 22 heavy (non-hydrogen) atoms. The number of amides is 1. The van der Waals surface area contributed by atoms with Gasteiger partial charge in [0.1, 0.15) is 0 Å². The Bertz CT molecular complexity index is 587. The number of nitrogens with one attached hydrogen (secondary N) is 1. The Labute approximate surface area is 115 Å². The molecule has 0 spiro atoms. The van der Waals surface area contributed by atoms with E-state index in [-0.39, 0.29) is 12.1 Å². The molecular formula is C9H5F10NOS. The average molecular weight is 365 g/mol. The molecule has 1 rings (SSSR count). The minimum atomic E-state index is -11.5. The van der Waals surface area contributed by atoms with E-state index in [2.05, 4.69) is 0 Å². The van der Waals surface area contributed by atoms with Crippen LogP contribution in [-0.2, 0) is 11.0 Å². The molecule has 128 valence electrons. The van der Waals surface area contributed by atoms with Crippen LogP contribution in [0.5, 0.6) is 0 Å². The first-order chi connectivity index (χ1) is 9.35. The number of halogens is 10. The van der Waals surface area contributed by atoms with Crippen LogP contribution in [0.15, 0.2) is 24.3 Å². The van der Waals surface area contributed by atoms with Crippen molar-refractivity contribution < 1.29 is 46.2 Å². The van der Waals surface area contributed by atoms with E-state index in [4.69, 9.17) is 0 Å². The van der Waals surface area contributed by atoms with Gasteiger partial charge in [-0.25, -0.2) is 0 Å². The van der Waals surface area contributed by atoms with Crippen LogP contribution in [0, 0.1) is 0 Å². The maximum atomic E-state index is 12.6. The summed E-state index contributed by atoms with van der Waals surface area (Å²) in [7, 11) is -11.5. The Hall–Kier alpha value is -1.66. The quantitative estimate of drug-likeness (QED) is 0.701. The van der Waals surface area contributed by atoms with Crippen LogP contribution in [0.3, 0.4) is 0 Å². The number of hydrogen-bond acceptors (Lipinski definition) is 1. The van der Waals surface area contributed by atoms with Crippen molar-refractivity contribution in [2.45, 2.75) is 11.4 Å². The fourth-order valence-electron chi connectivity index (χ4n) is 1.12. The SMILES string of the molecule is O=C(Nc1ccc(C(F)(F)F)cc1)C(F)(F)S(F)(F)(F)(F)F. The number of anilines is 1. The van der Waals surface area contributed by atoms with Crippen molar-refractivity contribution in [1.29, 1.82) is 0 Å². The van der Waals surface area contributed by atoms with Gasteiger partial charge < -0.3 is 5.32 Å². The average Bonchev–Trinajstić information content (AvgIpc) is 2.24. The van der Waals surface area contributed by atoms with Crippen LogP contribution < -0.4 is 5.32 Å². The zero-order valence-electron chi connectivity index (χ0n) is 9.91. The predicted octanol–water partition coefficient (Wildman–Crippen LogP) is 5.54. The molecule has 0 aromatic heterocycles. The first-order valence-corrected chi connectivity index (χ1v) is 6.90. The summed E-state index contributed by atoms with van der Waals surface area (Å²) in [6.45, 7) is 0. The van der Waals surface area contributed by atoms with Crippen molar-refractivity contribution in [3.63, 3.8) is 0 Å². The summed E-state index contributed by atoms with van der Waals surface area (Å²) in [6.07, 6.45) is -4.82. The van der Waals surface area contributed by atoms with E-state index in [9.17, 15) is 46.2 Å². The molecule has 0 aliphatic rings. The summed E-state index contributed by atoms with van der Waals surface area (Å²) in [5.74, 6) is -3.40. The summed E-state index contributed by atoms with van der Waals surface area (Å²) >= 11 is 0. The van der Waals surface area contributed by atoms with E-state index < -0.39 is 38.8 Å². The third-order valence-electron chi connectivity index (χ3n) is 2.22. The van der Waals surface area contributed by atoms with Gasteiger partial charge in [-0.1, -0.05) is 19.4 Å². The molecule has 1 aromatic rings. The van der Waals surface area contributed by atoms with Gasteiger partial charge in [0.25, 0.3) is 0 Å². The van der Waals surface area contributed by atoms with Gasteiger partial charge in [-0.2, -0.15) is 22.0 Å². The number of alkyl halides is 5. The van der Waals surface area contributed by atoms with E-state index in [0.29, 0.717) is 12.1 Å². The second-order valence-electron chi connectivity index (χ2n) is 4.01. The summed E-state index contributed by atoms with van der Waals surface area (Å²) in [5, 5.41) is -6.19. The molecule has 0 radical (unpaired) electrons. The lowest BCUT2D eigenvalue weighted by Crippen LogP contribution is -2.44. The van der Waals surface area contributed by atoms with Crippen LogP contribution in [0.2, 0.25) is 0 Å². The van der Waals surface area contributed by atoms with Gasteiger partial charge >= 0.3 is 27.6 Å². The Morgan fingerprint density at radius 1 is 0.864 bits per heavy atom. The van der Waals surface area contributed by atoms with Gasteiger partial charge in [0.2, 0.25) is 0 Å². The lowest BCUT2D eigenvalue weighted by molar-refractivity contribution is -0.137. The molecule has 0 atom stereocenters. The number of carbonyl (C=O) groups is 1. The molecule has 0 fully saturated rings. The minimum Gasteiger partial charge on any atom is -0.320 e. The van der Waals surface area contributed by atoms with Crippen LogP contribution >= 0.6 is 10.2 Å². The fourth-order valence-corrected chi connectivity index (χ4v) is 1.52. The normalized spacial score (nSPS) is 16.6. The third-order valence-corrected chi connectivity index (χ3v) is 3.37. The molecule has 1 amide bonds. The molecular weight excluding hydrogens is 360 g/mol. The standard InChI is InChI=1S/C9H5F10NOS/c10-8(11,12)5-1-3-6(4-2-5)20-7(21)9(13,14)22(15,16,17,18)19/h1-4H,(H,20,21). The Balaban J connectivity index is 3.04. The van der Waals surface area contributed by atoms with Gasteiger partial charge in [0.05, 0.1) is 5.56 Å². The Kier molecular flexibility index (Phi) is 3.51. The smallest absolute Gasteiger partial charge is 0.320 e. The molecule has 13 heteroatoms. The first-order valence-electron chi connectivity index (χ1n) is 4.95. The fraction of sp³-hybridized carbons (Fsp3) is 0.222. The molecule has 1 aromatic carbocycles. The van der Waals surface area contributed by atoms with Gasteiger partial charge in [-0.05, 0) is 24.3 Å². The molecule has 0 aliphatic heterocycles. The van der Waals surface area contributed by atoms with Crippen LogP contribution in [0.1, 0.15) is 5.56 Å². The molecule has 0 bridgehead atoms. The summed E-state index contributed by atoms with van der Waals surface area (Å²) in [4.78, 5) is 10.7. The van der Waals surface area contributed by atoms with Crippen molar-refractivity contribution >= 4 is 21.8 Å². The summed E-state index contributed by atoms with van der Waals surface area (Å²) in [6, 6.07) is 1.19. The molecule has 0 aliphatic carbocycles. The van der Waals surface area contributed by atoms with Gasteiger partial charge in [0, 0.05) is 5.69 Å². The highest BCUT2D eigenvalue weighted by Crippen LogP contribution is 3.04. The van der Waals surface area contributed by atoms with Gasteiger partial charge in [0.15, 0.2) is 0 Å². The monoisotopic (exact) mass is 365 g/mol. The van der Waals surface area contributed by atoms with Gasteiger partial charge in [-0.3, -0.25) is 4.79 Å². The van der Waals surface area contributed by atoms with Crippen molar-refractivity contribution in [1.82, 2.24) is 0 Å². The van der Waals surface area contributed by atoms with Gasteiger partial charge in [-0.15, -0.1) is 0 Å². The lowest BCUT2D eigenvalue weighted by Gasteiger charge is -2.44. The lowest BCUT2D eigenvalue weighted by atomic mass is 10.2. The third kappa shape index (κ3) is 3.56. The topological polar surface area (TPSA) is 29.1 Å². The van der Waals surface area contributed by atoms with Crippen LogP contribution in [-0.4, -0.2) is 11.2 Å². The van der Waals surface area contributed by atoms with Crippen molar-refractivity contribution in [2.24, 2.45) is 0 Å². The van der Waals surface area contributed by atoms with Crippen LogP contribution in [0.4, 0.5) is 47.1 Å². The molecule has 1 N–H and O–H groups in total. The molecule has 2 nitrogen and oxygen atoms in total. The number of hydrogen-bond donors (Lipinski definition) is 1. The largest absolute Gasteiger partial charge is 0.459 e. The molecule has 0 unspecified atom stereocenters. The number of rotatable bonds is 3. The van der Waals surface area contributed by atoms with Crippen LogP contribution in [0.25, 0.3) is 0 Å². The zero-order chi connectivity index (χ0) is 17.7. The van der Waals surface area contributed by atoms with E-state index in [0.717, 1.165) is 5.32 Å². The molecule has 0 saturated heterocycles. The maximum Gasteiger partial charge on any atom is 0.459 e. The van der Waals surface area contributed by atoms with Crippen molar-refractivity contribution in [3.8, 4) is 0 Å². The number of benzene rings is 1. The molecule has 0 saturated carbocycles. The Morgan fingerprint density at radius 2 is 1.27 bits per heavy atom. The van der Waals surface area contributed by atoms with E-state index in [1.807, 2.05) is 0 Å². The van der Waals surface area contributed by atoms with E-state index >= 15 is 0 Å². The number of carbonyl (C=O) groups excluding carboxylic acids is 1. The molecule has 0 heterocycles. The highest BCUT2D eigenvalue weighted by atomic mass is 32.5. The predicted molar refractivity (Wildman–Crippen MR) is 58.2 cm³/mol. The van der Waals surface area contributed by atoms with Crippen molar-refractivity contribution in [2.75, 3.05) is 5.32 Å². The maximum absolute atomic E-state index is 12.6. The minimum absolute atomic E-state index is 0.257. The first kappa shape index (κ1) is 18.4. The van der Waals surface area contributed by atoms with Crippen molar-refractivity contribution in [3.05, 3.63) is 29.8 Å². The second-order valence-corrected chi connectivity index (χ2v) is 6.47. The second kappa shape index (κ2) is 4.20. The highest BCUT2D eigenvalue weighted by molar-refractivity contribution is 8.47. The zero-order valence-corrected chi connectivity index (χ0v) is 10.7. The Morgan fingerprint density at radius 3 is 1.59 bits per heavy atom. The summed E-state index contributed by atoms with van der Waals surface area (Å²) < 4.78 is 122. The van der Waals surface area contributed by atoms with E-state index in [1.165, 1.54) is 0 Å².